The molecule has 0 bridgehead atoms. The first-order chi connectivity index (χ1) is 31.2. The number of methoxy groups -OCH3 is 1. The number of carbonyl (C=O) groups excluding carboxylic acids is 3. The minimum Gasteiger partial charge on any atom is -0.494 e. The molecule has 0 spiro atoms. The van der Waals surface area contributed by atoms with Gasteiger partial charge in [-0.2, -0.15) is 4.98 Å². The number of fused-ring (bicyclic) bond motifs is 1. The third-order valence-electron chi connectivity index (χ3n) is 14.0. The van der Waals surface area contributed by atoms with Gasteiger partial charge in [0, 0.05) is 101 Å². The van der Waals surface area contributed by atoms with Crippen LogP contribution < -0.4 is 34.8 Å². The van der Waals surface area contributed by atoms with Crippen molar-refractivity contribution in [3.63, 3.8) is 0 Å². The Hall–Kier alpha value is -5.46. The van der Waals surface area contributed by atoms with Gasteiger partial charge in [-0.05, 0) is 102 Å². The number of sulfonamides is 1. The molecule has 4 aromatic rings. The van der Waals surface area contributed by atoms with Crippen LogP contribution in [0, 0.1) is 12.8 Å². The second-order valence-corrected chi connectivity index (χ2v) is 20.7. The average Bonchev–Trinajstić information content (AvgIpc) is 3.74. The van der Waals surface area contributed by atoms with Gasteiger partial charge in [-0.1, -0.05) is 24.3 Å². The molecule has 65 heavy (non-hydrogen) atoms. The fourth-order valence-corrected chi connectivity index (χ4v) is 11.5. The van der Waals surface area contributed by atoms with E-state index in [9.17, 15) is 22.8 Å². The Bertz CT molecular complexity index is 2580. The van der Waals surface area contributed by atoms with Crippen molar-refractivity contribution in [2.75, 3.05) is 91.0 Å². The van der Waals surface area contributed by atoms with Gasteiger partial charge < -0.3 is 30.1 Å². The Labute approximate surface area is 389 Å². The summed E-state index contributed by atoms with van der Waals surface area (Å²) in [4.78, 5) is 56.1. The maximum Gasteiger partial charge on any atom is 0.234 e. The minimum atomic E-state index is -3.45. The largest absolute Gasteiger partial charge is 0.494 e. The second-order valence-electron chi connectivity index (χ2n) is 18.0. The Balaban J connectivity index is 0.750. The van der Waals surface area contributed by atoms with Crippen molar-refractivity contribution < 1.29 is 27.5 Å². The number of nitrogens with zero attached hydrogens (tertiary/aromatic N) is 7. The monoisotopic (exact) mass is 968 g/mol. The highest BCUT2D eigenvalue weighted by atomic mass is 79.9. The van der Waals surface area contributed by atoms with Crippen LogP contribution in [0.5, 0.6) is 5.75 Å². The van der Waals surface area contributed by atoms with Crippen LogP contribution in [-0.2, 0) is 30.8 Å². The third kappa shape index (κ3) is 9.34. The molecule has 18 heteroatoms. The molecule has 0 radical (unpaired) electrons. The highest BCUT2D eigenvalue weighted by molar-refractivity contribution is 9.10. The lowest BCUT2D eigenvalue weighted by Crippen LogP contribution is -2.57. The van der Waals surface area contributed by atoms with Gasteiger partial charge >= 0.3 is 0 Å². The molecule has 1 atom stereocenters. The fourth-order valence-electron chi connectivity index (χ4n) is 10.2. The lowest BCUT2D eigenvalue weighted by Gasteiger charge is -2.46. The van der Waals surface area contributed by atoms with Crippen LogP contribution >= 0.6 is 15.9 Å². The van der Waals surface area contributed by atoms with E-state index in [1.54, 1.807) is 13.3 Å². The average molecular weight is 970 g/mol. The van der Waals surface area contributed by atoms with Gasteiger partial charge in [0.15, 0.2) is 0 Å². The number of halogens is 1. The number of amides is 3. The Morgan fingerprint density at radius 3 is 2.35 bits per heavy atom. The SMILES string of the molecule is COc1cc(N2CCC(N3CCN(C(=O)C4CC(N(C)c5ccc(C6CCC(=O)NC6=O)cc5)C4)CC3)CC2)c(C)cc1Nc1ncc(Br)c(Nc2cccc3c2N(S(C)(=O)=O)CC3)n1. The number of aromatic nitrogens is 2. The van der Waals surface area contributed by atoms with E-state index >= 15 is 0 Å². The molecular weight excluding hydrogens is 913 g/mol. The highest BCUT2D eigenvalue weighted by Gasteiger charge is 2.40. The minimum absolute atomic E-state index is 0.0519. The Morgan fingerprint density at radius 1 is 0.923 bits per heavy atom. The van der Waals surface area contributed by atoms with Crippen LogP contribution in [0.15, 0.2) is 65.3 Å². The van der Waals surface area contributed by atoms with Gasteiger partial charge in [0.25, 0.3) is 0 Å². The number of nitrogens with one attached hydrogen (secondary N) is 3. The first-order valence-corrected chi connectivity index (χ1v) is 25.2. The van der Waals surface area contributed by atoms with Crippen LogP contribution in [0.4, 0.5) is 40.2 Å². The number of rotatable bonds is 12. The molecule has 3 amide bonds. The molecule has 3 saturated heterocycles. The zero-order valence-electron chi connectivity index (χ0n) is 37.3. The maximum atomic E-state index is 13.6. The zero-order chi connectivity index (χ0) is 45.6. The van der Waals surface area contributed by atoms with E-state index in [2.05, 4.69) is 82.6 Å². The summed E-state index contributed by atoms with van der Waals surface area (Å²) >= 11 is 3.56. The van der Waals surface area contributed by atoms with E-state index in [4.69, 9.17) is 9.72 Å². The molecule has 4 fully saturated rings. The number of carbonyl (C=O) groups is 3. The summed E-state index contributed by atoms with van der Waals surface area (Å²) in [5.74, 6) is 1.13. The number of aryl methyl sites for hydroxylation is 1. The van der Waals surface area contributed by atoms with Gasteiger partial charge in [-0.3, -0.25) is 28.9 Å². The molecule has 1 aliphatic carbocycles. The first kappa shape index (κ1) is 44.7. The lowest BCUT2D eigenvalue weighted by atomic mass is 9.78. The number of hydrogen-bond acceptors (Lipinski definition) is 13. The zero-order valence-corrected chi connectivity index (χ0v) is 39.8. The normalized spacial score (nSPS) is 21.7. The van der Waals surface area contributed by atoms with Gasteiger partial charge in [0.2, 0.25) is 33.7 Å². The molecule has 9 rings (SSSR count). The van der Waals surface area contributed by atoms with Crippen LogP contribution in [-0.4, -0.2) is 124 Å². The van der Waals surface area contributed by atoms with Crippen molar-refractivity contribution in [3.8, 4) is 5.75 Å². The number of hydrogen-bond donors (Lipinski definition) is 3. The molecule has 1 aromatic heterocycles. The molecule has 1 saturated carbocycles. The summed E-state index contributed by atoms with van der Waals surface area (Å²) < 4.78 is 33.1. The molecule has 1 unspecified atom stereocenters. The number of para-hydroxylation sites is 1. The smallest absolute Gasteiger partial charge is 0.234 e. The quantitative estimate of drug-likeness (QED) is 0.143. The number of ether oxygens (including phenoxy) is 1. The Kier molecular flexibility index (Phi) is 12.7. The van der Waals surface area contributed by atoms with Crippen molar-refractivity contribution >= 4 is 83.9 Å². The van der Waals surface area contributed by atoms with Crippen LogP contribution in [0.3, 0.4) is 0 Å². The van der Waals surface area contributed by atoms with Crippen LogP contribution in [0.2, 0.25) is 0 Å². The van der Waals surface area contributed by atoms with Crippen LogP contribution in [0.25, 0.3) is 0 Å². The lowest BCUT2D eigenvalue weighted by molar-refractivity contribution is -0.141. The van der Waals surface area contributed by atoms with Crippen molar-refractivity contribution in [1.82, 2.24) is 25.1 Å². The molecule has 5 aliphatic rings. The molecule has 344 valence electrons. The predicted octanol–water partition coefficient (Wildman–Crippen LogP) is 5.91. The number of benzene rings is 3. The number of imide groups is 1. The van der Waals surface area contributed by atoms with Gasteiger partial charge in [0.1, 0.15) is 11.6 Å². The predicted molar refractivity (Wildman–Crippen MR) is 256 cm³/mol. The van der Waals surface area contributed by atoms with E-state index in [0.717, 1.165) is 98.7 Å². The van der Waals surface area contributed by atoms with E-state index in [-0.39, 0.29) is 29.6 Å². The maximum absolute atomic E-state index is 13.6. The summed E-state index contributed by atoms with van der Waals surface area (Å²) in [7, 11) is 0.286. The second kappa shape index (κ2) is 18.4. The van der Waals surface area contributed by atoms with E-state index < -0.39 is 10.0 Å². The first-order valence-electron chi connectivity index (χ1n) is 22.5. The number of anilines is 7. The molecule has 3 aromatic carbocycles. The topological polar surface area (TPSA) is 173 Å². The summed E-state index contributed by atoms with van der Waals surface area (Å²) in [6, 6.07) is 18.7. The molecule has 4 aliphatic heterocycles. The summed E-state index contributed by atoms with van der Waals surface area (Å²) in [6.45, 7) is 7.65. The van der Waals surface area contributed by atoms with E-state index in [1.807, 2.05) is 42.5 Å². The van der Waals surface area contributed by atoms with Crippen LogP contribution in [0.1, 0.15) is 61.1 Å². The van der Waals surface area contributed by atoms with Crippen molar-refractivity contribution in [2.24, 2.45) is 5.92 Å². The standard InChI is InChI=1S/C47H57BrN10O6S/c1-29-24-39(51-47-49-28-37(48)44(53-47)50-38-7-5-6-31-14-19-58(43(31)38)65(4,62)63)41(64-3)27-40(29)56-17-15-34(16-18-56)55-20-22-57(23-21-55)46(61)32-25-35(26-32)54(2)33-10-8-30(9-11-33)36-12-13-42(59)52-45(36)60/h5-11,24,27-28,32,34-36H,12-23,25-26H2,1-4H3,(H,52,59,60)(H2,49,50,51,53). The van der Waals surface area contributed by atoms with E-state index in [0.29, 0.717) is 71.3 Å². The molecular formula is C47H57BrN10O6S. The van der Waals surface area contributed by atoms with Gasteiger partial charge in [0.05, 0.1) is 40.8 Å². The highest BCUT2D eigenvalue weighted by Crippen LogP contribution is 2.41. The van der Waals surface area contributed by atoms with Crippen molar-refractivity contribution in [2.45, 2.75) is 69.9 Å². The van der Waals surface area contributed by atoms with Crippen molar-refractivity contribution in [3.05, 3.63) is 82.0 Å². The summed E-state index contributed by atoms with van der Waals surface area (Å²) in [5.41, 5.74) is 7.19. The summed E-state index contributed by atoms with van der Waals surface area (Å²) in [5, 5.41) is 9.13. The van der Waals surface area contributed by atoms with Gasteiger partial charge in [-0.15, -0.1) is 0 Å². The molecule has 16 nitrogen and oxygen atoms in total. The number of piperazine rings is 1. The van der Waals surface area contributed by atoms with E-state index in [1.165, 1.54) is 10.6 Å². The van der Waals surface area contributed by atoms with Gasteiger partial charge in [-0.25, -0.2) is 13.4 Å². The number of piperidine rings is 2. The Morgan fingerprint density at radius 2 is 1.66 bits per heavy atom. The summed E-state index contributed by atoms with van der Waals surface area (Å²) in [6.07, 6.45) is 8.18. The fraction of sp³-hybridized carbons (Fsp3) is 0.468. The van der Waals surface area contributed by atoms with Crippen molar-refractivity contribution in [1.29, 1.82) is 0 Å². The third-order valence-corrected chi connectivity index (χ3v) is 15.8. The molecule has 3 N–H and O–H groups in total. The molecule has 5 heterocycles.